The third kappa shape index (κ3) is 4.09. The molecule has 0 bridgehead atoms. The highest BCUT2D eigenvalue weighted by Crippen LogP contribution is 2.35. The number of halogens is 1. The maximum Gasteiger partial charge on any atom is 0.251 e. The number of rotatable bonds is 5. The fourth-order valence-electron chi connectivity index (χ4n) is 3.48. The van der Waals surface area contributed by atoms with Crippen LogP contribution in [0.5, 0.6) is 0 Å². The SMILES string of the molecule is Nc1nc(N(Br)c2ccccc2)c2cc(-c3cccc(C(=O)NC4CC4)c3)ccc2n1. The van der Waals surface area contributed by atoms with E-state index in [1.54, 1.807) is 0 Å². The largest absolute Gasteiger partial charge is 0.368 e. The van der Waals surface area contributed by atoms with Crippen molar-refractivity contribution in [2.75, 3.05) is 9.66 Å². The van der Waals surface area contributed by atoms with Gasteiger partial charge in [-0.05, 0) is 60.4 Å². The molecule has 154 valence electrons. The average molecular weight is 474 g/mol. The average Bonchev–Trinajstić information content (AvgIpc) is 3.62. The Morgan fingerprint density at radius 3 is 2.52 bits per heavy atom. The van der Waals surface area contributed by atoms with Crippen LogP contribution in [0.25, 0.3) is 22.0 Å². The first-order valence-electron chi connectivity index (χ1n) is 10.1. The van der Waals surface area contributed by atoms with Gasteiger partial charge in [0.1, 0.15) is 0 Å². The van der Waals surface area contributed by atoms with Crippen LogP contribution in [0.1, 0.15) is 23.2 Å². The quantitative estimate of drug-likeness (QED) is 0.388. The number of benzene rings is 3. The van der Waals surface area contributed by atoms with Gasteiger partial charge in [-0.15, -0.1) is 0 Å². The number of para-hydroxylation sites is 1. The van der Waals surface area contributed by atoms with Crippen molar-refractivity contribution in [2.45, 2.75) is 18.9 Å². The minimum atomic E-state index is -0.0300. The lowest BCUT2D eigenvalue weighted by Crippen LogP contribution is -2.25. The van der Waals surface area contributed by atoms with E-state index in [0.29, 0.717) is 17.4 Å². The predicted molar refractivity (Wildman–Crippen MR) is 127 cm³/mol. The number of carbonyl (C=O) groups excluding carboxylic acids is 1. The molecule has 1 aliphatic rings. The summed E-state index contributed by atoms with van der Waals surface area (Å²) in [5, 5.41) is 3.89. The molecule has 1 fully saturated rings. The van der Waals surface area contributed by atoms with Crippen molar-refractivity contribution in [3.63, 3.8) is 0 Å². The van der Waals surface area contributed by atoms with Gasteiger partial charge in [-0.25, -0.2) is 4.98 Å². The highest BCUT2D eigenvalue weighted by Gasteiger charge is 2.24. The summed E-state index contributed by atoms with van der Waals surface area (Å²) in [7, 11) is 0. The van der Waals surface area contributed by atoms with Gasteiger partial charge >= 0.3 is 0 Å². The van der Waals surface area contributed by atoms with Gasteiger partial charge in [-0.3, -0.25) is 8.72 Å². The lowest BCUT2D eigenvalue weighted by atomic mass is 10.0. The molecule has 1 aliphatic carbocycles. The summed E-state index contributed by atoms with van der Waals surface area (Å²) in [6, 6.07) is 23.7. The van der Waals surface area contributed by atoms with Gasteiger partial charge < -0.3 is 11.1 Å². The van der Waals surface area contributed by atoms with Crippen LogP contribution < -0.4 is 15.0 Å². The van der Waals surface area contributed by atoms with Gasteiger partial charge in [0.15, 0.2) is 5.82 Å². The Bertz CT molecular complexity index is 1270. The zero-order valence-electron chi connectivity index (χ0n) is 16.6. The second-order valence-electron chi connectivity index (χ2n) is 7.58. The van der Waals surface area contributed by atoms with Crippen molar-refractivity contribution in [3.8, 4) is 11.1 Å². The van der Waals surface area contributed by atoms with Crippen molar-refractivity contribution < 1.29 is 4.79 Å². The summed E-state index contributed by atoms with van der Waals surface area (Å²) in [6.07, 6.45) is 2.12. The number of aromatic nitrogens is 2. The molecule has 5 rings (SSSR count). The molecule has 0 unspecified atom stereocenters. The molecule has 1 aromatic heterocycles. The van der Waals surface area contributed by atoms with Crippen molar-refractivity contribution in [3.05, 3.63) is 78.4 Å². The molecule has 1 amide bonds. The van der Waals surface area contributed by atoms with E-state index in [1.807, 2.05) is 76.7 Å². The van der Waals surface area contributed by atoms with Crippen molar-refractivity contribution >= 4 is 50.4 Å². The number of anilines is 3. The summed E-state index contributed by atoms with van der Waals surface area (Å²) < 4.78 is 1.82. The number of hydrogen-bond acceptors (Lipinski definition) is 5. The number of nitrogens with one attached hydrogen (secondary N) is 1. The molecule has 31 heavy (non-hydrogen) atoms. The topological polar surface area (TPSA) is 84.1 Å². The molecule has 0 atom stereocenters. The Morgan fingerprint density at radius 2 is 1.74 bits per heavy atom. The van der Waals surface area contributed by atoms with Crippen LogP contribution in [-0.4, -0.2) is 21.9 Å². The summed E-state index contributed by atoms with van der Waals surface area (Å²) in [6.45, 7) is 0. The molecule has 0 aliphatic heterocycles. The van der Waals surface area contributed by atoms with Crippen LogP contribution in [0.4, 0.5) is 17.5 Å². The van der Waals surface area contributed by atoms with Crippen LogP contribution in [-0.2, 0) is 0 Å². The molecule has 1 heterocycles. The smallest absolute Gasteiger partial charge is 0.251 e. The Morgan fingerprint density at radius 1 is 0.968 bits per heavy atom. The van der Waals surface area contributed by atoms with Crippen molar-refractivity contribution in [1.82, 2.24) is 15.3 Å². The normalized spacial score (nSPS) is 13.2. The number of fused-ring (bicyclic) bond motifs is 1. The third-order valence-electron chi connectivity index (χ3n) is 5.23. The van der Waals surface area contributed by atoms with Crippen molar-refractivity contribution in [2.24, 2.45) is 0 Å². The Kier molecular flexibility index (Phi) is 5.03. The Hall–Kier alpha value is -3.45. The molecule has 0 saturated heterocycles. The maximum absolute atomic E-state index is 12.5. The van der Waals surface area contributed by atoms with Crippen LogP contribution in [0, 0.1) is 0 Å². The summed E-state index contributed by atoms with van der Waals surface area (Å²) in [5.41, 5.74) is 10.2. The minimum absolute atomic E-state index is 0.0300. The highest BCUT2D eigenvalue weighted by atomic mass is 79.9. The Labute approximate surface area is 188 Å². The van der Waals surface area contributed by atoms with Crippen molar-refractivity contribution in [1.29, 1.82) is 0 Å². The first-order valence-corrected chi connectivity index (χ1v) is 10.8. The standard InChI is InChI=1S/C24H20BrN5O/c25-30(19-7-2-1-3-8-19)22-20-14-16(9-12-21(20)28-24(26)29-22)15-5-4-6-17(13-15)23(31)27-18-10-11-18/h1-9,12-14,18H,10-11H2,(H,27,31)(H2,26,28,29). The van der Waals surface area contributed by atoms with Gasteiger partial charge in [0.25, 0.3) is 5.91 Å². The number of hydrogen-bond donors (Lipinski definition) is 2. The molecule has 1 saturated carbocycles. The number of nitrogens with zero attached hydrogens (tertiary/aromatic N) is 3. The number of nitrogen functional groups attached to an aromatic ring is 1. The monoisotopic (exact) mass is 473 g/mol. The molecule has 3 N–H and O–H groups in total. The zero-order valence-corrected chi connectivity index (χ0v) is 18.2. The van der Waals surface area contributed by atoms with Gasteiger partial charge in [-0.2, -0.15) is 4.98 Å². The first-order chi connectivity index (χ1) is 15.1. The van der Waals surface area contributed by atoms with E-state index >= 15 is 0 Å². The molecule has 3 aromatic carbocycles. The molecular formula is C24H20BrN5O. The fourth-order valence-corrected chi connectivity index (χ4v) is 3.98. The maximum atomic E-state index is 12.5. The van der Waals surface area contributed by atoms with Crippen LogP contribution in [0.15, 0.2) is 72.8 Å². The number of carbonyl (C=O) groups is 1. The van der Waals surface area contributed by atoms with Crippen LogP contribution in [0.2, 0.25) is 0 Å². The minimum Gasteiger partial charge on any atom is -0.368 e. The van der Waals surface area contributed by atoms with Gasteiger partial charge in [-0.1, -0.05) is 36.4 Å². The summed E-state index contributed by atoms with van der Waals surface area (Å²) in [4.78, 5) is 21.3. The first kappa shape index (κ1) is 19.5. The van der Waals surface area contributed by atoms with Crippen LogP contribution >= 0.6 is 16.1 Å². The van der Waals surface area contributed by atoms with Gasteiger partial charge in [0.2, 0.25) is 5.95 Å². The lowest BCUT2D eigenvalue weighted by Gasteiger charge is -2.18. The van der Waals surface area contributed by atoms with E-state index in [9.17, 15) is 4.79 Å². The second-order valence-corrected chi connectivity index (χ2v) is 8.29. The zero-order chi connectivity index (χ0) is 21.4. The predicted octanol–water partition coefficient (Wildman–Crippen LogP) is 5.22. The van der Waals surface area contributed by atoms with E-state index in [0.717, 1.165) is 40.6 Å². The number of amides is 1. The van der Waals surface area contributed by atoms with E-state index in [2.05, 4.69) is 31.4 Å². The Balaban J connectivity index is 1.57. The highest BCUT2D eigenvalue weighted by molar-refractivity contribution is 9.10. The third-order valence-corrected chi connectivity index (χ3v) is 5.98. The molecule has 4 aromatic rings. The molecule has 7 heteroatoms. The van der Waals surface area contributed by atoms with Gasteiger partial charge in [0.05, 0.1) is 27.4 Å². The van der Waals surface area contributed by atoms with E-state index in [1.165, 1.54) is 0 Å². The van der Waals surface area contributed by atoms with E-state index in [4.69, 9.17) is 5.73 Å². The summed E-state index contributed by atoms with van der Waals surface area (Å²) in [5.74, 6) is 0.824. The number of nitrogens with two attached hydrogens (primary N) is 1. The molecule has 0 spiro atoms. The molecule has 6 nitrogen and oxygen atoms in total. The molecular weight excluding hydrogens is 454 g/mol. The fraction of sp³-hybridized carbons (Fsp3) is 0.125. The summed E-state index contributed by atoms with van der Waals surface area (Å²) >= 11 is 3.62. The second kappa shape index (κ2) is 8.00. The lowest BCUT2D eigenvalue weighted by molar-refractivity contribution is 0.0951. The van der Waals surface area contributed by atoms with E-state index in [-0.39, 0.29) is 11.9 Å². The van der Waals surface area contributed by atoms with E-state index < -0.39 is 0 Å². The molecule has 0 radical (unpaired) electrons. The van der Waals surface area contributed by atoms with Gasteiger partial charge in [0, 0.05) is 17.0 Å². The van der Waals surface area contributed by atoms with Crippen LogP contribution in [0.3, 0.4) is 0 Å².